The standard InChI is InChI=1S/C12H20N2O6S/c1-3-14-7-8(6-10(14)15)11(16)13-9(12(17)18)4-5-21(2,19)20/h8-9H,3-7H2,1-2H3,(H,13,16)(H,17,18). The Bertz CT molecular complexity index is 530. The summed E-state index contributed by atoms with van der Waals surface area (Å²) in [7, 11) is -3.31. The summed E-state index contributed by atoms with van der Waals surface area (Å²) < 4.78 is 22.1. The quantitative estimate of drug-likeness (QED) is 0.611. The summed E-state index contributed by atoms with van der Waals surface area (Å²) in [6, 6.07) is -1.27. The van der Waals surface area contributed by atoms with Gasteiger partial charge in [-0.3, -0.25) is 9.59 Å². The average Bonchev–Trinajstić information content (AvgIpc) is 2.74. The zero-order chi connectivity index (χ0) is 16.2. The first kappa shape index (κ1) is 17.4. The molecule has 0 aromatic carbocycles. The Morgan fingerprint density at radius 3 is 2.52 bits per heavy atom. The van der Waals surface area contributed by atoms with E-state index in [4.69, 9.17) is 5.11 Å². The second kappa shape index (κ2) is 6.88. The summed E-state index contributed by atoms with van der Waals surface area (Å²) >= 11 is 0. The van der Waals surface area contributed by atoms with Gasteiger partial charge in [0.25, 0.3) is 0 Å². The van der Waals surface area contributed by atoms with Crippen molar-refractivity contribution in [2.45, 2.75) is 25.8 Å². The predicted octanol–water partition coefficient (Wildman–Crippen LogP) is -1.14. The molecule has 2 amide bonds. The van der Waals surface area contributed by atoms with Crippen LogP contribution in [0.5, 0.6) is 0 Å². The molecule has 0 radical (unpaired) electrons. The van der Waals surface area contributed by atoms with Crippen molar-refractivity contribution in [1.82, 2.24) is 10.2 Å². The highest BCUT2D eigenvalue weighted by Gasteiger charge is 2.35. The maximum absolute atomic E-state index is 12.0. The first-order chi connectivity index (χ1) is 9.64. The molecule has 0 aromatic heterocycles. The summed E-state index contributed by atoms with van der Waals surface area (Å²) in [6.45, 7) is 2.56. The third kappa shape index (κ3) is 5.33. The van der Waals surface area contributed by atoms with Crippen LogP contribution in [0, 0.1) is 5.92 Å². The fourth-order valence-corrected chi connectivity index (χ4v) is 2.80. The van der Waals surface area contributed by atoms with Crippen LogP contribution in [0.3, 0.4) is 0 Å². The monoisotopic (exact) mass is 320 g/mol. The normalized spacial score (nSPS) is 20.4. The Hall–Kier alpha value is -1.64. The molecule has 0 saturated carbocycles. The van der Waals surface area contributed by atoms with Gasteiger partial charge in [-0.2, -0.15) is 0 Å². The van der Waals surface area contributed by atoms with Gasteiger partial charge < -0.3 is 15.3 Å². The molecule has 0 aromatic rings. The zero-order valence-corrected chi connectivity index (χ0v) is 12.9. The van der Waals surface area contributed by atoms with Crippen molar-refractivity contribution in [1.29, 1.82) is 0 Å². The number of sulfone groups is 1. The van der Waals surface area contributed by atoms with Gasteiger partial charge >= 0.3 is 5.97 Å². The van der Waals surface area contributed by atoms with Gasteiger partial charge in [-0.25, -0.2) is 13.2 Å². The predicted molar refractivity (Wildman–Crippen MR) is 74.3 cm³/mol. The number of aliphatic carboxylic acids is 1. The van der Waals surface area contributed by atoms with Crippen LogP contribution in [0.15, 0.2) is 0 Å². The van der Waals surface area contributed by atoms with Crippen molar-refractivity contribution < 1.29 is 27.9 Å². The van der Waals surface area contributed by atoms with Gasteiger partial charge in [0.1, 0.15) is 15.9 Å². The second-order valence-electron chi connectivity index (χ2n) is 5.15. The van der Waals surface area contributed by atoms with Crippen LogP contribution < -0.4 is 5.32 Å². The number of rotatable bonds is 7. The van der Waals surface area contributed by atoms with E-state index in [1.807, 2.05) is 0 Å². The lowest BCUT2D eigenvalue weighted by molar-refractivity contribution is -0.142. The number of nitrogens with zero attached hydrogens (tertiary/aromatic N) is 1. The molecule has 120 valence electrons. The average molecular weight is 320 g/mol. The van der Waals surface area contributed by atoms with Crippen molar-refractivity contribution in [3.63, 3.8) is 0 Å². The van der Waals surface area contributed by atoms with Gasteiger partial charge in [-0.05, 0) is 13.3 Å². The topological polar surface area (TPSA) is 121 Å². The summed E-state index contributed by atoms with van der Waals surface area (Å²) in [4.78, 5) is 36.1. The summed E-state index contributed by atoms with van der Waals surface area (Å²) in [5, 5.41) is 11.3. The summed E-state index contributed by atoms with van der Waals surface area (Å²) in [6.07, 6.45) is 0.860. The van der Waals surface area contributed by atoms with E-state index in [0.29, 0.717) is 6.54 Å². The number of likely N-dealkylation sites (tertiary alicyclic amines) is 1. The van der Waals surface area contributed by atoms with Crippen LogP contribution in [0.1, 0.15) is 19.8 Å². The van der Waals surface area contributed by atoms with Crippen molar-refractivity contribution in [2.24, 2.45) is 5.92 Å². The molecule has 1 saturated heterocycles. The minimum atomic E-state index is -3.31. The molecule has 0 aliphatic carbocycles. The van der Waals surface area contributed by atoms with Crippen LogP contribution in [-0.2, 0) is 24.2 Å². The lowest BCUT2D eigenvalue weighted by Crippen LogP contribution is -2.45. The molecule has 8 nitrogen and oxygen atoms in total. The Balaban J connectivity index is 2.61. The minimum absolute atomic E-state index is 0.0537. The van der Waals surface area contributed by atoms with E-state index in [1.54, 1.807) is 6.92 Å². The highest BCUT2D eigenvalue weighted by atomic mass is 32.2. The third-order valence-corrected chi connectivity index (χ3v) is 4.34. The van der Waals surface area contributed by atoms with Crippen LogP contribution in [0.25, 0.3) is 0 Å². The molecule has 0 bridgehead atoms. The largest absolute Gasteiger partial charge is 0.480 e. The van der Waals surface area contributed by atoms with Crippen molar-refractivity contribution in [3.8, 4) is 0 Å². The Morgan fingerprint density at radius 2 is 2.10 bits per heavy atom. The fraction of sp³-hybridized carbons (Fsp3) is 0.750. The van der Waals surface area contributed by atoms with Crippen LogP contribution in [0.2, 0.25) is 0 Å². The van der Waals surface area contributed by atoms with Gasteiger partial charge in [-0.1, -0.05) is 0 Å². The van der Waals surface area contributed by atoms with E-state index in [9.17, 15) is 22.8 Å². The van der Waals surface area contributed by atoms with E-state index >= 15 is 0 Å². The molecular weight excluding hydrogens is 300 g/mol. The summed E-state index contributed by atoms with van der Waals surface area (Å²) in [5.74, 6) is -2.86. The Morgan fingerprint density at radius 1 is 1.48 bits per heavy atom. The molecule has 1 fully saturated rings. The third-order valence-electron chi connectivity index (χ3n) is 3.36. The molecule has 0 spiro atoms. The van der Waals surface area contributed by atoms with E-state index in [0.717, 1.165) is 6.26 Å². The number of carboxylic acid groups (broad SMARTS) is 1. The van der Waals surface area contributed by atoms with E-state index in [2.05, 4.69) is 5.32 Å². The van der Waals surface area contributed by atoms with E-state index in [-0.39, 0.29) is 31.0 Å². The lowest BCUT2D eigenvalue weighted by Gasteiger charge is -2.17. The minimum Gasteiger partial charge on any atom is -0.480 e. The number of nitrogens with one attached hydrogen (secondary N) is 1. The molecule has 1 rings (SSSR count). The first-order valence-corrected chi connectivity index (χ1v) is 8.68. The number of amides is 2. The molecule has 2 unspecified atom stereocenters. The molecule has 2 N–H and O–H groups in total. The lowest BCUT2D eigenvalue weighted by atomic mass is 10.1. The van der Waals surface area contributed by atoms with Crippen molar-refractivity contribution >= 4 is 27.6 Å². The van der Waals surface area contributed by atoms with Gasteiger partial charge in [-0.15, -0.1) is 0 Å². The molecule has 2 atom stereocenters. The number of hydrogen-bond acceptors (Lipinski definition) is 5. The first-order valence-electron chi connectivity index (χ1n) is 6.62. The number of carbonyl (C=O) groups excluding carboxylic acids is 2. The van der Waals surface area contributed by atoms with Crippen molar-refractivity contribution in [2.75, 3.05) is 25.1 Å². The molecule has 1 heterocycles. The second-order valence-corrected chi connectivity index (χ2v) is 7.41. The highest BCUT2D eigenvalue weighted by molar-refractivity contribution is 7.90. The van der Waals surface area contributed by atoms with E-state index in [1.165, 1.54) is 4.90 Å². The number of hydrogen-bond donors (Lipinski definition) is 2. The smallest absolute Gasteiger partial charge is 0.326 e. The van der Waals surface area contributed by atoms with Gasteiger partial charge in [0, 0.05) is 25.8 Å². The van der Waals surface area contributed by atoms with Crippen LogP contribution in [-0.4, -0.2) is 67.3 Å². The van der Waals surface area contributed by atoms with Crippen LogP contribution in [0.4, 0.5) is 0 Å². The Kier molecular flexibility index (Phi) is 5.70. The maximum atomic E-state index is 12.0. The van der Waals surface area contributed by atoms with Gasteiger partial charge in [0.2, 0.25) is 11.8 Å². The van der Waals surface area contributed by atoms with E-state index < -0.39 is 33.7 Å². The molecular formula is C12H20N2O6S. The Labute approximate surface area is 123 Å². The van der Waals surface area contributed by atoms with Crippen LogP contribution >= 0.6 is 0 Å². The molecule has 1 aliphatic heterocycles. The molecule has 1 aliphatic rings. The number of carbonyl (C=O) groups is 3. The maximum Gasteiger partial charge on any atom is 0.326 e. The van der Waals surface area contributed by atoms with Crippen molar-refractivity contribution in [3.05, 3.63) is 0 Å². The fourth-order valence-electron chi connectivity index (χ4n) is 2.13. The van der Waals surface area contributed by atoms with Gasteiger partial charge in [0.05, 0.1) is 11.7 Å². The molecule has 21 heavy (non-hydrogen) atoms. The number of carboxylic acids is 1. The zero-order valence-electron chi connectivity index (χ0n) is 12.0. The molecule has 9 heteroatoms. The van der Waals surface area contributed by atoms with Gasteiger partial charge in [0.15, 0.2) is 0 Å². The highest BCUT2D eigenvalue weighted by Crippen LogP contribution is 2.17. The summed E-state index contributed by atoms with van der Waals surface area (Å²) in [5.41, 5.74) is 0. The SMILES string of the molecule is CCN1CC(C(=O)NC(CCS(C)(=O)=O)C(=O)O)CC1=O.